The van der Waals surface area contributed by atoms with Crippen molar-refractivity contribution >= 4 is 40.2 Å². The number of hydrogen-bond donors (Lipinski definition) is 0. The Kier molecular flexibility index (Phi) is 4.74. The zero-order valence-electron chi connectivity index (χ0n) is 13.1. The molecule has 0 bridgehead atoms. The minimum Gasteiger partial charge on any atom is -0.492 e. The van der Waals surface area contributed by atoms with Crippen LogP contribution in [0.15, 0.2) is 40.4 Å². The van der Waals surface area contributed by atoms with Crippen molar-refractivity contribution in [3.05, 3.63) is 56.7 Å². The lowest BCUT2D eigenvalue weighted by Crippen LogP contribution is -2.29. The Morgan fingerprint density at radius 3 is 3.12 bits per heavy atom. The van der Waals surface area contributed by atoms with Crippen LogP contribution in [0, 0.1) is 5.92 Å². The minimum atomic E-state index is -0.319. The van der Waals surface area contributed by atoms with Crippen LogP contribution >= 0.6 is 34.3 Å². The zero-order valence-corrected chi connectivity index (χ0v) is 15.5. The number of benzene rings is 1. The van der Waals surface area contributed by atoms with Crippen LogP contribution in [0.2, 0.25) is 5.02 Å². The van der Waals surface area contributed by atoms with E-state index in [1.165, 1.54) is 0 Å². The average Bonchev–Trinajstić information content (AvgIpc) is 3.30. The summed E-state index contributed by atoms with van der Waals surface area (Å²) < 4.78 is 11.1. The third-order valence-electron chi connectivity index (χ3n) is 3.94. The number of hydrogen-bond acceptors (Lipinski definition) is 6. The highest BCUT2D eigenvalue weighted by molar-refractivity contribution is 7.14. The molecule has 3 heterocycles. The summed E-state index contributed by atoms with van der Waals surface area (Å²) in [4.78, 5) is 16.9. The number of halogens is 1. The smallest absolute Gasteiger partial charge is 0.313 e. The van der Waals surface area contributed by atoms with Gasteiger partial charge < -0.3 is 9.47 Å². The average molecular weight is 392 g/mol. The van der Waals surface area contributed by atoms with E-state index in [0.29, 0.717) is 18.1 Å². The molecular weight excluding hydrogens is 378 g/mol. The van der Waals surface area contributed by atoms with E-state index in [1.807, 2.05) is 29.0 Å². The second-order valence-corrected chi connectivity index (χ2v) is 7.80. The maximum atomic E-state index is 12.3. The monoisotopic (exact) mass is 391 g/mol. The number of thiophene rings is 1. The Hall–Kier alpha value is -1.89. The predicted molar refractivity (Wildman–Crippen MR) is 99.4 cm³/mol. The first-order chi connectivity index (χ1) is 12.2. The molecule has 25 heavy (non-hydrogen) atoms. The number of thiazole rings is 1. The van der Waals surface area contributed by atoms with Gasteiger partial charge in [-0.05, 0) is 41.6 Å². The summed E-state index contributed by atoms with van der Waals surface area (Å²) in [5, 5.41) is 7.57. The molecule has 0 spiro atoms. The van der Waals surface area contributed by atoms with Crippen LogP contribution in [0.25, 0.3) is 10.6 Å². The number of carbonyl (C=O) groups excluding carboxylic acids is 1. The molecular formula is C18H14ClNO3S2. The molecule has 4 rings (SSSR count). The SMILES string of the molecule is O=C(OCc1csc(-c2ccsc2)n1)[C@@H]1COc2ccc(Cl)cc2C1. The van der Waals surface area contributed by atoms with Crippen LogP contribution in [0.3, 0.4) is 0 Å². The van der Waals surface area contributed by atoms with E-state index in [1.54, 1.807) is 28.7 Å². The van der Waals surface area contributed by atoms with Crippen molar-refractivity contribution in [2.75, 3.05) is 6.61 Å². The van der Waals surface area contributed by atoms with E-state index in [2.05, 4.69) is 10.4 Å². The summed E-state index contributed by atoms with van der Waals surface area (Å²) in [6.45, 7) is 0.503. The highest BCUT2D eigenvalue weighted by Gasteiger charge is 2.27. The number of esters is 1. The van der Waals surface area contributed by atoms with Gasteiger partial charge in [-0.2, -0.15) is 11.3 Å². The summed E-state index contributed by atoms with van der Waals surface area (Å²) >= 11 is 9.20. The molecule has 128 valence electrons. The van der Waals surface area contributed by atoms with E-state index in [0.717, 1.165) is 27.6 Å². The van der Waals surface area contributed by atoms with Crippen LogP contribution in [-0.4, -0.2) is 17.6 Å². The third-order valence-corrected chi connectivity index (χ3v) is 5.80. The predicted octanol–water partition coefficient (Wildman–Crippen LogP) is 4.82. The Balaban J connectivity index is 1.37. The Labute approximate surface area is 158 Å². The molecule has 1 aliphatic rings. The van der Waals surface area contributed by atoms with E-state index < -0.39 is 0 Å². The summed E-state index contributed by atoms with van der Waals surface area (Å²) in [5.74, 6) is 0.199. The summed E-state index contributed by atoms with van der Waals surface area (Å²) in [7, 11) is 0. The molecule has 0 amide bonds. The number of carbonyl (C=O) groups is 1. The van der Waals surface area contributed by atoms with Crippen molar-refractivity contribution in [3.8, 4) is 16.3 Å². The molecule has 0 N–H and O–H groups in total. The molecule has 2 aromatic heterocycles. The number of aromatic nitrogens is 1. The van der Waals surface area contributed by atoms with Gasteiger partial charge in [0.1, 0.15) is 24.0 Å². The lowest BCUT2D eigenvalue weighted by Gasteiger charge is -2.24. The topological polar surface area (TPSA) is 48.4 Å². The van der Waals surface area contributed by atoms with Crippen LogP contribution in [0.4, 0.5) is 0 Å². The number of rotatable bonds is 4. The van der Waals surface area contributed by atoms with E-state index in [9.17, 15) is 4.79 Å². The maximum absolute atomic E-state index is 12.3. The highest BCUT2D eigenvalue weighted by atomic mass is 35.5. The molecule has 1 aliphatic heterocycles. The standard InChI is InChI=1S/C18H14ClNO3S2/c19-14-1-2-16-12(6-14)5-13(7-22-16)18(21)23-8-15-10-25-17(20-15)11-3-4-24-9-11/h1-4,6,9-10,13H,5,7-8H2/t13-/m0/s1. The van der Waals surface area contributed by atoms with Gasteiger partial charge in [0.05, 0.1) is 11.6 Å². The van der Waals surface area contributed by atoms with Crippen LogP contribution in [0.1, 0.15) is 11.3 Å². The summed E-state index contributed by atoms with van der Waals surface area (Å²) in [5.41, 5.74) is 2.80. The largest absolute Gasteiger partial charge is 0.492 e. The minimum absolute atomic E-state index is 0.179. The molecule has 1 atom stereocenters. The molecule has 7 heteroatoms. The fourth-order valence-corrected chi connectivity index (χ4v) is 4.38. The van der Waals surface area contributed by atoms with Crippen molar-refractivity contribution in [1.29, 1.82) is 0 Å². The van der Waals surface area contributed by atoms with Crippen molar-refractivity contribution < 1.29 is 14.3 Å². The molecule has 0 aliphatic carbocycles. The Bertz CT molecular complexity index is 892. The Morgan fingerprint density at radius 1 is 1.36 bits per heavy atom. The van der Waals surface area contributed by atoms with Gasteiger partial charge in [-0.25, -0.2) is 4.98 Å². The van der Waals surface area contributed by atoms with Gasteiger partial charge in [0.2, 0.25) is 0 Å². The van der Waals surface area contributed by atoms with Crippen molar-refractivity contribution in [2.45, 2.75) is 13.0 Å². The first-order valence-corrected chi connectivity index (χ1v) is 9.94. The molecule has 1 aromatic carbocycles. The lowest BCUT2D eigenvalue weighted by molar-refractivity contribution is -0.151. The van der Waals surface area contributed by atoms with Crippen molar-refractivity contribution in [1.82, 2.24) is 4.98 Å². The van der Waals surface area contributed by atoms with Crippen LogP contribution in [0.5, 0.6) is 5.75 Å². The first-order valence-electron chi connectivity index (χ1n) is 7.74. The normalized spacial score (nSPS) is 16.1. The molecule has 4 nitrogen and oxygen atoms in total. The summed E-state index contributed by atoms with van der Waals surface area (Å²) in [6.07, 6.45) is 0.575. The van der Waals surface area contributed by atoms with Gasteiger partial charge in [-0.15, -0.1) is 11.3 Å². The van der Waals surface area contributed by atoms with Gasteiger partial charge in [-0.1, -0.05) is 11.6 Å². The maximum Gasteiger partial charge on any atom is 0.313 e. The fraction of sp³-hybridized carbons (Fsp3) is 0.222. The highest BCUT2D eigenvalue weighted by Crippen LogP contribution is 2.30. The third kappa shape index (κ3) is 3.71. The molecule has 0 radical (unpaired) electrons. The fourth-order valence-electron chi connectivity index (χ4n) is 2.67. The van der Waals surface area contributed by atoms with E-state index >= 15 is 0 Å². The molecule has 0 unspecified atom stereocenters. The van der Waals surface area contributed by atoms with E-state index in [-0.39, 0.29) is 18.5 Å². The molecule has 0 saturated heterocycles. The first kappa shape index (κ1) is 16.6. The second kappa shape index (κ2) is 7.15. The molecule has 0 saturated carbocycles. The van der Waals surface area contributed by atoms with Crippen LogP contribution in [-0.2, 0) is 22.6 Å². The van der Waals surface area contributed by atoms with Crippen molar-refractivity contribution in [2.24, 2.45) is 5.92 Å². The lowest BCUT2D eigenvalue weighted by atomic mass is 9.97. The van der Waals surface area contributed by atoms with Gasteiger partial charge in [0, 0.05) is 21.3 Å². The van der Waals surface area contributed by atoms with Crippen LogP contribution < -0.4 is 4.74 Å². The zero-order chi connectivity index (χ0) is 17.2. The van der Waals surface area contributed by atoms with Gasteiger partial charge >= 0.3 is 5.97 Å². The molecule has 0 fully saturated rings. The number of ether oxygens (including phenoxy) is 2. The quantitative estimate of drug-likeness (QED) is 0.598. The molecule has 3 aromatic rings. The van der Waals surface area contributed by atoms with Gasteiger partial charge in [-0.3, -0.25) is 4.79 Å². The van der Waals surface area contributed by atoms with E-state index in [4.69, 9.17) is 21.1 Å². The number of nitrogens with zero attached hydrogens (tertiary/aromatic N) is 1. The Morgan fingerprint density at radius 2 is 2.28 bits per heavy atom. The number of fused-ring (bicyclic) bond motifs is 1. The summed E-state index contributed by atoms with van der Waals surface area (Å²) in [6, 6.07) is 7.48. The van der Waals surface area contributed by atoms with Gasteiger partial charge in [0.15, 0.2) is 0 Å². The van der Waals surface area contributed by atoms with Crippen molar-refractivity contribution in [3.63, 3.8) is 0 Å². The van der Waals surface area contributed by atoms with Gasteiger partial charge in [0.25, 0.3) is 0 Å². The second-order valence-electron chi connectivity index (χ2n) is 5.73.